The summed E-state index contributed by atoms with van der Waals surface area (Å²) in [4.78, 5) is 22.0. The molecule has 2 amide bonds. The van der Waals surface area contributed by atoms with Crippen LogP contribution >= 0.6 is 15.9 Å². The summed E-state index contributed by atoms with van der Waals surface area (Å²) in [7, 11) is 0. The molecule has 0 unspecified atom stereocenters. The second-order valence-electron chi connectivity index (χ2n) is 3.87. The molecule has 0 aliphatic heterocycles. The van der Waals surface area contributed by atoms with Crippen molar-refractivity contribution < 1.29 is 22.8 Å². The summed E-state index contributed by atoms with van der Waals surface area (Å²) in [5.74, 6) is -2.35. The number of benzene rings is 1. The van der Waals surface area contributed by atoms with Crippen LogP contribution in [0.1, 0.15) is 5.56 Å². The van der Waals surface area contributed by atoms with Crippen molar-refractivity contribution >= 4 is 27.7 Å². The van der Waals surface area contributed by atoms with Crippen LogP contribution in [0, 0.1) is 0 Å². The minimum Gasteiger partial charge on any atom is -0.354 e. The molecule has 0 heterocycles. The predicted octanol–water partition coefficient (Wildman–Crippen LogP) is 1.79. The first-order valence-corrected chi connectivity index (χ1v) is 6.45. The highest BCUT2D eigenvalue weighted by atomic mass is 79.9. The average Bonchev–Trinajstić information content (AvgIpc) is 2.36. The van der Waals surface area contributed by atoms with E-state index in [1.165, 1.54) is 0 Å². The van der Waals surface area contributed by atoms with Crippen molar-refractivity contribution in [2.45, 2.75) is 12.6 Å². The molecule has 2 N–H and O–H groups in total. The van der Waals surface area contributed by atoms with E-state index in [0.717, 1.165) is 10.0 Å². The summed E-state index contributed by atoms with van der Waals surface area (Å²) >= 11 is 3.29. The summed E-state index contributed by atoms with van der Waals surface area (Å²) in [5, 5.41) is 4.09. The van der Waals surface area contributed by atoms with E-state index in [1.807, 2.05) is 0 Å². The van der Waals surface area contributed by atoms with Gasteiger partial charge in [0, 0.05) is 17.6 Å². The Balaban J connectivity index is 2.28. The normalized spacial score (nSPS) is 11.0. The first-order chi connectivity index (χ1) is 9.30. The molecule has 0 aliphatic carbocycles. The number of amides is 2. The van der Waals surface area contributed by atoms with Crippen LogP contribution in [-0.2, 0) is 16.0 Å². The zero-order valence-corrected chi connectivity index (χ0v) is 11.8. The Kier molecular flexibility index (Phi) is 6.00. The highest BCUT2D eigenvalue weighted by molar-refractivity contribution is 9.10. The van der Waals surface area contributed by atoms with Crippen molar-refractivity contribution in [1.82, 2.24) is 10.6 Å². The summed E-state index contributed by atoms with van der Waals surface area (Å²) < 4.78 is 36.4. The minimum atomic E-state index is -4.90. The molecule has 0 aromatic heterocycles. The molecule has 1 aromatic carbocycles. The standard InChI is InChI=1S/C12H12BrF3N2O2/c13-9-4-2-1-3-8(9)7-10(19)17-5-6-18-11(20)12(14,15)16/h1-4H,5-7H2,(H,17,19)(H,18,20). The molecular weight excluding hydrogens is 341 g/mol. The third kappa shape index (κ3) is 5.60. The summed E-state index contributed by atoms with van der Waals surface area (Å²) in [6, 6.07) is 7.12. The van der Waals surface area contributed by atoms with Crippen LogP contribution in [0.2, 0.25) is 0 Å². The fourth-order valence-electron chi connectivity index (χ4n) is 1.36. The van der Waals surface area contributed by atoms with Gasteiger partial charge in [-0.25, -0.2) is 0 Å². The van der Waals surface area contributed by atoms with Gasteiger partial charge in [0.25, 0.3) is 0 Å². The van der Waals surface area contributed by atoms with Gasteiger partial charge in [0.05, 0.1) is 6.42 Å². The molecule has 0 atom stereocenters. The van der Waals surface area contributed by atoms with Crippen LogP contribution in [0.25, 0.3) is 0 Å². The Morgan fingerprint density at radius 2 is 1.70 bits per heavy atom. The largest absolute Gasteiger partial charge is 0.471 e. The maximum Gasteiger partial charge on any atom is 0.471 e. The Hall–Kier alpha value is -1.57. The van der Waals surface area contributed by atoms with Gasteiger partial charge in [-0.2, -0.15) is 13.2 Å². The van der Waals surface area contributed by atoms with Gasteiger partial charge in [0.2, 0.25) is 5.91 Å². The predicted molar refractivity (Wildman–Crippen MR) is 69.9 cm³/mol. The van der Waals surface area contributed by atoms with Crippen molar-refractivity contribution in [3.05, 3.63) is 34.3 Å². The molecule has 1 aromatic rings. The topological polar surface area (TPSA) is 58.2 Å². The SMILES string of the molecule is O=C(Cc1ccccc1Br)NCCNC(=O)C(F)(F)F. The second kappa shape index (κ2) is 7.28. The van der Waals surface area contributed by atoms with Crippen molar-refractivity contribution in [3.8, 4) is 0 Å². The van der Waals surface area contributed by atoms with Crippen LogP contribution < -0.4 is 10.6 Å². The summed E-state index contributed by atoms with van der Waals surface area (Å²) in [5.41, 5.74) is 0.768. The van der Waals surface area contributed by atoms with E-state index in [9.17, 15) is 22.8 Å². The van der Waals surface area contributed by atoms with Gasteiger partial charge in [-0.1, -0.05) is 34.1 Å². The number of hydrogen-bond acceptors (Lipinski definition) is 2. The van der Waals surface area contributed by atoms with E-state index in [-0.39, 0.29) is 25.4 Å². The van der Waals surface area contributed by atoms with Crippen molar-refractivity contribution in [3.63, 3.8) is 0 Å². The lowest BCUT2D eigenvalue weighted by Gasteiger charge is -2.09. The number of nitrogens with one attached hydrogen (secondary N) is 2. The number of rotatable bonds is 5. The van der Waals surface area contributed by atoms with E-state index in [0.29, 0.717) is 0 Å². The Bertz CT molecular complexity index is 492. The Morgan fingerprint density at radius 3 is 2.30 bits per heavy atom. The smallest absolute Gasteiger partial charge is 0.354 e. The summed E-state index contributed by atoms with van der Waals surface area (Å²) in [6.45, 7) is -0.342. The molecular formula is C12H12BrF3N2O2. The molecule has 110 valence electrons. The maximum absolute atomic E-state index is 11.9. The van der Waals surface area contributed by atoms with Gasteiger partial charge in [0.15, 0.2) is 0 Å². The minimum absolute atomic E-state index is 0.0644. The Labute approximate surface area is 121 Å². The van der Waals surface area contributed by atoms with E-state index in [1.54, 1.807) is 29.6 Å². The van der Waals surface area contributed by atoms with Gasteiger partial charge >= 0.3 is 12.1 Å². The number of carbonyl (C=O) groups is 2. The number of hydrogen-bond donors (Lipinski definition) is 2. The third-order valence-corrected chi connectivity index (χ3v) is 3.07. The molecule has 4 nitrogen and oxygen atoms in total. The van der Waals surface area contributed by atoms with Gasteiger partial charge in [-0.05, 0) is 11.6 Å². The lowest BCUT2D eigenvalue weighted by molar-refractivity contribution is -0.173. The summed E-state index contributed by atoms with van der Waals surface area (Å²) in [6.07, 6.45) is -4.80. The molecule has 0 fully saturated rings. The molecule has 8 heteroatoms. The monoisotopic (exact) mass is 352 g/mol. The van der Waals surface area contributed by atoms with Crippen molar-refractivity contribution in [2.24, 2.45) is 0 Å². The molecule has 0 aliphatic rings. The van der Waals surface area contributed by atoms with E-state index < -0.39 is 12.1 Å². The zero-order chi connectivity index (χ0) is 15.2. The number of alkyl halides is 3. The lowest BCUT2D eigenvalue weighted by atomic mass is 10.1. The lowest BCUT2D eigenvalue weighted by Crippen LogP contribution is -2.41. The highest BCUT2D eigenvalue weighted by Crippen LogP contribution is 2.16. The molecule has 20 heavy (non-hydrogen) atoms. The molecule has 0 saturated carbocycles. The van der Waals surface area contributed by atoms with E-state index in [2.05, 4.69) is 21.2 Å². The van der Waals surface area contributed by atoms with Gasteiger partial charge in [-0.3, -0.25) is 9.59 Å². The quantitative estimate of drug-likeness (QED) is 0.793. The molecule has 0 radical (unpaired) electrons. The van der Waals surface area contributed by atoms with Crippen molar-refractivity contribution in [2.75, 3.05) is 13.1 Å². The molecule has 0 bridgehead atoms. The van der Waals surface area contributed by atoms with Gasteiger partial charge in [-0.15, -0.1) is 0 Å². The van der Waals surface area contributed by atoms with Crippen LogP contribution in [0.3, 0.4) is 0 Å². The third-order valence-electron chi connectivity index (χ3n) is 2.30. The average molecular weight is 353 g/mol. The van der Waals surface area contributed by atoms with Crippen LogP contribution in [0.15, 0.2) is 28.7 Å². The van der Waals surface area contributed by atoms with E-state index in [4.69, 9.17) is 0 Å². The van der Waals surface area contributed by atoms with E-state index >= 15 is 0 Å². The Morgan fingerprint density at radius 1 is 1.10 bits per heavy atom. The maximum atomic E-state index is 11.9. The molecule has 0 spiro atoms. The van der Waals surface area contributed by atoms with Crippen molar-refractivity contribution in [1.29, 1.82) is 0 Å². The highest BCUT2D eigenvalue weighted by Gasteiger charge is 2.38. The van der Waals surface area contributed by atoms with Crippen LogP contribution in [0.4, 0.5) is 13.2 Å². The number of carbonyl (C=O) groups excluding carboxylic acids is 2. The fraction of sp³-hybridized carbons (Fsp3) is 0.333. The van der Waals surface area contributed by atoms with Gasteiger partial charge in [0.1, 0.15) is 0 Å². The first kappa shape index (κ1) is 16.5. The zero-order valence-electron chi connectivity index (χ0n) is 10.3. The van der Waals surface area contributed by atoms with Gasteiger partial charge < -0.3 is 10.6 Å². The molecule has 1 rings (SSSR count). The van der Waals surface area contributed by atoms with Crippen LogP contribution in [-0.4, -0.2) is 31.1 Å². The first-order valence-electron chi connectivity index (χ1n) is 5.66. The fourth-order valence-corrected chi connectivity index (χ4v) is 1.78. The second-order valence-corrected chi connectivity index (χ2v) is 4.73. The number of halogens is 4. The molecule has 0 saturated heterocycles. The van der Waals surface area contributed by atoms with Crippen LogP contribution in [0.5, 0.6) is 0 Å².